The van der Waals surface area contributed by atoms with Gasteiger partial charge in [0.2, 0.25) is 5.91 Å². The molecule has 2 aromatic rings. The number of nitrogens with zero attached hydrogens (tertiary/aromatic N) is 2. The van der Waals surface area contributed by atoms with Gasteiger partial charge in [-0.15, -0.1) is 0 Å². The number of piperidine rings is 1. The number of aromatic nitrogens is 1. The summed E-state index contributed by atoms with van der Waals surface area (Å²) in [6.45, 7) is 4.72. The minimum absolute atomic E-state index is 0.334. The average molecular weight is 370 g/mol. The van der Waals surface area contributed by atoms with E-state index in [1.54, 1.807) is 7.11 Å². The molecule has 2 bridgehead atoms. The molecule has 27 heavy (non-hydrogen) atoms. The van der Waals surface area contributed by atoms with Gasteiger partial charge in [0.05, 0.1) is 6.61 Å². The van der Waals surface area contributed by atoms with Crippen molar-refractivity contribution in [3.05, 3.63) is 36.0 Å². The number of hydrogen-bond donors (Lipinski definition) is 1. The van der Waals surface area contributed by atoms with Gasteiger partial charge in [-0.1, -0.05) is 18.2 Å². The van der Waals surface area contributed by atoms with Crippen LogP contribution >= 0.6 is 0 Å². The van der Waals surface area contributed by atoms with Crippen molar-refractivity contribution in [2.24, 2.45) is 5.92 Å². The van der Waals surface area contributed by atoms with Crippen LogP contribution in [-0.2, 0) is 16.0 Å². The molecule has 1 amide bonds. The molecule has 5 heteroatoms. The van der Waals surface area contributed by atoms with Crippen molar-refractivity contribution in [2.75, 3.05) is 39.9 Å². The van der Waals surface area contributed by atoms with Crippen LogP contribution in [0.15, 0.2) is 30.5 Å². The third-order valence-corrected chi connectivity index (χ3v) is 6.27. The zero-order valence-electron chi connectivity index (χ0n) is 16.3. The predicted molar refractivity (Wildman–Crippen MR) is 108 cm³/mol. The highest BCUT2D eigenvalue weighted by Crippen LogP contribution is 2.28. The minimum atomic E-state index is 0.334. The van der Waals surface area contributed by atoms with E-state index in [4.69, 9.17) is 4.74 Å². The van der Waals surface area contributed by atoms with Crippen LogP contribution < -0.4 is 0 Å². The Bertz CT molecular complexity index is 772. The molecule has 146 valence electrons. The lowest BCUT2D eigenvalue weighted by atomic mass is 9.95. The number of carbonyl (C=O) groups excluding carboxylic acids is 1. The maximum Gasteiger partial charge on any atom is 0.222 e. The SMILES string of the molecule is COCCN1C[C@H]2CC[C@@H]1CN(C(=O)CCCc1c[nH]c3ccccc13)C2. The van der Waals surface area contributed by atoms with E-state index >= 15 is 0 Å². The van der Waals surface area contributed by atoms with E-state index in [1.807, 2.05) is 0 Å². The van der Waals surface area contributed by atoms with Gasteiger partial charge in [0, 0.05) is 62.9 Å². The van der Waals surface area contributed by atoms with E-state index in [0.29, 0.717) is 24.3 Å². The van der Waals surface area contributed by atoms with E-state index in [1.165, 1.54) is 29.3 Å². The van der Waals surface area contributed by atoms with Crippen molar-refractivity contribution < 1.29 is 9.53 Å². The summed E-state index contributed by atoms with van der Waals surface area (Å²) in [5.41, 5.74) is 2.50. The molecule has 5 rings (SSSR count). The molecule has 0 saturated carbocycles. The lowest BCUT2D eigenvalue weighted by Gasteiger charge is -2.35. The fraction of sp³-hybridized carbons (Fsp3) is 0.591. The monoisotopic (exact) mass is 369 g/mol. The summed E-state index contributed by atoms with van der Waals surface area (Å²) in [5, 5.41) is 1.28. The van der Waals surface area contributed by atoms with Gasteiger partial charge in [0.1, 0.15) is 0 Å². The molecule has 2 atom stereocenters. The van der Waals surface area contributed by atoms with E-state index in [9.17, 15) is 4.79 Å². The molecule has 0 aliphatic carbocycles. The zero-order chi connectivity index (χ0) is 18.6. The summed E-state index contributed by atoms with van der Waals surface area (Å²) in [5.74, 6) is 0.957. The number of carbonyl (C=O) groups is 1. The lowest BCUT2D eigenvalue weighted by molar-refractivity contribution is -0.131. The van der Waals surface area contributed by atoms with Crippen molar-refractivity contribution in [3.63, 3.8) is 0 Å². The summed E-state index contributed by atoms with van der Waals surface area (Å²) in [7, 11) is 1.76. The maximum absolute atomic E-state index is 12.9. The highest BCUT2D eigenvalue weighted by molar-refractivity contribution is 5.83. The Labute approximate surface area is 161 Å². The fourth-order valence-electron chi connectivity index (χ4n) is 4.79. The Balaban J connectivity index is 1.31. The maximum atomic E-state index is 12.9. The summed E-state index contributed by atoms with van der Waals surface area (Å²) in [6, 6.07) is 8.90. The Hall–Kier alpha value is -1.85. The second-order valence-corrected chi connectivity index (χ2v) is 8.10. The molecular weight excluding hydrogens is 338 g/mol. The molecule has 1 aromatic carbocycles. The van der Waals surface area contributed by atoms with E-state index < -0.39 is 0 Å². The van der Waals surface area contributed by atoms with E-state index in [-0.39, 0.29) is 0 Å². The van der Waals surface area contributed by atoms with E-state index in [0.717, 1.165) is 45.6 Å². The first-order chi connectivity index (χ1) is 13.2. The molecule has 4 heterocycles. The molecule has 5 nitrogen and oxygen atoms in total. The minimum Gasteiger partial charge on any atom is -0.383 e. The number of para-hydroxylation sites is 1. The number of aromatic amines is 1. The van der Waals surface area contributed by atoms with Crippen molar-refractivity contribution in [3.8, 4) is 0 Å². The van der Waals surface area contributed by atoms with Crippen LogP contribution in [0.5, 0.6) is 0 Å². The Morgan fingerprint density at radius 3 is 3.00 bits per heavy atom. The molecule has 3 fully saturated rings. The molecular formula is C22H31N3O2. The van der Waals surface area contributed by atoms with Gasteiger partial charge in [0.15, 0.2) is 0 Å². The normalized spacial score (nSPS) is 23.1. The zero-order valence-corrected chi connectivity index (χ0v) is 16.3. The van der Waals surface area contributed by atoms with Crippen LogP contribution in [0.4, 0.5) is 0 Å². The summed E-state index contributed by atoms with van der Waals surface area (Å²) < 4.78 is 5.26. The van der Waals surface area contributed by atoms with Gasteiger partial charge in [0.25, 0.3) is 0 Å². The predicted octanol–water partition coefficient (Wildman–Crippen LogP) is 3.06. The average Bonchev–Trinajstić information content (AvgIpc) is 2.87. The number of ether oxygens (including phenoxy) is 1. The standard InChI is InChI=1S/C22H31N3O2/c1-27-12-11-24-14-17-9-10-19(24)16-25(15-17)22(26)8-4-5-18-13-23-21-7-3-2-6-20(18)21/h2-3,6-7,13,17,19,23H,4-5,8-12,14-16H2,1H3/t17-,19-/m1/s1. The van der Waals surface area contributed by atoms with Gasteiger partial charge >= 0.3 is 0 Å². The highest BCUT2D eigenvalue weighted by Gasteiger charge is 2.35. The van der Waals surface area contributed by atoms with Crippen molar-refractivity contribution in [2.45, 2.75) is 38.1 Å². The first kappa shape index (κ1) is 18.5. The Morgan fingerprint density at radius 1 is 1.22 bits per heavy atom. The summed E-state index contributed by atoms with van der Waals surface area (Å²) >= 11 is 0. The van der Waals surface area contributed by atoms with Gasteiger partial charge in [-0.3, -0.25) is 9.69 Å². The third-order valence-electron chi connectivity index (χ3n) is 6.27. The Kier molecular flexibility index (Phi) is 5.79. The summed E-state index contributed by atoms with van der Waals surface area (Å²) in [6.07, 6.45) is 7.09. The quantitative estimate of drug-likeness (QED) is 0.816. The third kappa shape index (κ3) is 4.19. The first-order valence-corrected chi connectivity index (χ1v) is 10.3. The van der Waals surface area contributed by atoms with E-state index in [2.05, 4.69) is 45.2 Å². The molecule has 3 aliphatic rings. The number of benzene rings is 1. The molecule has 3 aliphatic heterocycles. The fourth-order valence-corrected chi connectivity index (χ4v) is 4.79. The van der Waals surface area contributed by atoms with Crippen LogP contribution in [-0.4, -0.2) is 66.6 Å². The van der Waals surface area contributed by atoms with Crippen LogP contribution in [0.1, 0.15) is 31.2 Å². The molecule has 1 N–H and O–H groups in total. The number of amides is 1. The van der Waals surface area contributed by atoms with Crippen molar-refractivity contribution in [1.82, 2.24) is 14.8 Å². The van der Waals surface area contributed by atoms with Gasteiger partial charge < -0.3 is 14.6 Å². The molecule has 1 aromatic heterocycles. The van der Waals surface area contributed by atoms with Crippen molar-refractivity contribution >= 4 is 16.8 Å². The van der Waals surface area contributed by atoms with Crippen LogP contribution in [0.2, 0.25) is 0 Å². The number of methoxy groups -OCH3 is 1. The Morgan fingerprint density at radius 2 is 2.11 bits per heavy atom. The van der Waals surface area contributed by atoms with Crippen molar-refractivity contribution in [1.29, 1.82) is 0 Å². The van der Waals surface area contributed by atoms with Gasteiger partial charge in [-0.05, 0) is 43.2 Å². The second kappa shape index (κ2) is 8.44. The second-order valence-electron chi connectivity index (χ2n) is 8.10. The number of H-pyrrole nitrogens is 1. The summed E-state index contributed by atoms with van der Waals surface area (Å²) in [4.78, 5) is 20.9. The lowest BCUT2D eigenvalue weighted by Crippen LogP contribution is -2.45. The smallest absolute Gasteiger partial charge is 0.222 e. The number of fused-ring (bicyclic) bond motifs is 5. The van der Waals surface area contributed by atoms with Crippen LogP contribution in [0, 0.1) is 5.92 Å². The molecule has 0 spiro atoms. The largest absolute Gasteiger partial charge is 0.383 e. The number of aryl methyl sites for hydroxylation is 1. The number of rotatable bonds is 7. The van der Waals surface area contributed by atoms with Crippen LogP contribution in [0.25, 0.3) is 10.9 Å². The topological polar surface area (TPSA) is 48.6 Å². The van der Waals surface area contributed by atoms with Crippen LogP contribution in [0.3, 0.4) is 0 Å². The highest BCUT2D eigenvalue weighted by atomic mass is 16.5. The molecule has 0 unspecified atom stereocenters. The molecule has 3 saturated heterocycles. The van der Waals surface area contributed by atoms with Gasteiger partial charge in [-0.25, -0.2) is 0 Å². The van der Waals surface area contributed by atoms with Gasteiger partial charge in [-0.2, -0.15) is 0 Å². The molecule has 0 radical (unpaired) electrons. The first-order valence-electron chi connectivity index (χ1n) is 10.3. The number of nitrogens with one attached hydrogen (secondary N) is 1. The number of hydrogen-bond acceptors (Lipinski definition) is 3.